The minimum Gasteiger partial charge on any atom is -0.288 e. The lowest BCUT2D eigenvalue weighted by Gasteiger charge is -2.14. The van der Waals surface area contributed by atoms with Crippen molar-refractivity contribution in [3.63, 3.8) is 0 Å². The van der Waals surface area contributed by atoms with Gasteiger partial charge in [-0.3, -0.25) is 14.3 Å². The molecule has 0 fully saturated rings. The molecular formula is C21H17N3O. The third-order valence-electron chi connectivity index (χ3n) is 4.23. The molecule has 0 saturated carbocycles. The Kier molecular flexibility index (Phi) is 3.86. The summed E-state index contributed by atoms with van der Waals surface area (Å²) in [6, 6.07) is 19.4. The zero-order valence-corrected chi connectivity index (χ0v) is 13.9. The van der Waals surface area contributed by atoms with Crippen LogP contribution in [0.3, 0.4) is 0 Å². The Morgan fingerprint density at radius 1 is 0.960 bits per heavy atom. The summed E-state index contributed by atoms with van der Waals surface area (Å²) in [6.45, 7) is 2.48. The number of fused-ring (bicyclic) bond motifs is 1. The zero-order valence-electron chi connectivity index (χ0n) is 13.9. The predicted molar refractivity (Wildman–Crippen MR) is 99.5 cm³/mol. The molecule has 4 nitrogen and oxygen atoms in total. The van der Waals surface area contributed by atoms with Gasteiger partial charge in [-0.25, -0.2) is 4.98 Å². The minimum atomic E-state index is -0.0370. The first kappa shape index (κ1) is 15.3. The fraction of sp³-hybridized carbons (Fsp3) is 0.0952. The van der Waals surface area contributed by atoms with Crippen LogP contribution in [0.2, 0.25) is 0 Å². The molecule has 0 aliphatic heterocycles. The van der Waals surface area contributed by atoms with E-state index >= 15 is 0 Å². The van der Waals surface area contributed by atoms with Crippen molar-refractivity contribution in [2.75, 3.05) is 0 Å². The monoisotopic (exact) mass is 327 g/mol. The van der Waals surface area contributed by atoms with Gasteiger partial charge in [0.2, 0.25) is 0 Å². The number of benzene rings is 2. The van der Waals surface area contributed by atoms with Crippen molar-refractivity contribution in [1.29, 1.82) is 0 Å². The van der Waals surface area contributed by atoms with E-state index in [9.17, 15) is 4.79 Å². The second kappa shape index (κ2) is 6.32. The van der Waals surface area contributed by atoms with Crippen LogP contribution < -0.4 is 5.56 Å². The standard InChI is InChI=1S/C21H17N3O/c1-15-8-10-17(11-9-15)20-23-19-7-3-2-6-18(19)21(25)24(20)14-16-5-4-12-22-13-16/h2-13H,14H2,1H3. The average Bonchev–Trinajstić information content (AvgIpc) is 2.65. The SMILES string of the molecule is Cc1ccc(-c2nc3ccccc3c(=O)n2Cc2cccnc2)cc1. The first-order valence-electron chi connectivity index (χ1n) is 8.18. The first-order chi connectivity index (χ1) is 12.2. The lowest BCUT2D eigenvalue weighted by atomic mass is 10.1. The largest absolute Gasteiger partial charge is 0.288 e. The van der Waals surface area contributed by atoms with E-state index in [2.05, 4.69) is 4.98 Å². The van der Waals surface area contributed by atoms with Crippen molar-refractivity contribution in [3.05, 3.63) is 94.5 Å². The maximum Gasteiger partial charge on any atom is 0.261 e. The normalized spacial score (nSPS) is 10.9. The second-order valence-electron chi connectivity index (χ2n) is 6.07. The van der Waals surface area contributed by atoms with E-state index in [1.54, 1.807) is 17.0 Å². The number of hydrogen-bond acceptors (Lipinski definition) is 3. The molecule has 2 aromatic carbocycles. The molecule has 25 heavy (non-hydrogen) atoms. The number of rotatable bonds is 3. The highest BCUT2D eigenvalue weighted by atomic mass is 16.1. The fourth-order valence-electron chi connectivity index (χ4n) is 2.91. The molecule has 0 radical (unpaired) electrons. The van der Waals surface area contributed by atoms with Crippen LogP contribution in [0.5, 0.6) is 0 Å². The molecule has 4 aromatic rings. The van der Waals surface area contributed by atoms with Gasteiger partial charge in [0, 0.05) is 18.0 Å². The molecule has 0 amide bonds. The van der Waals surface area contributed by atoms with E-state index in [0.29, 0.717) is 23.3 Å². The van der Waals surface area contributed by atoms with Gasteiger partial charge in [-0.2, -0.15) is 0 Å². The molecule has 0 bridgehead atoms. The molecule has 0 aliphatic rings. The van der Waals surface area contributed by atoms with Crippen LogP contribution >= 0.6 is 0 Å². The summed E-state index contributed by atoms with van der Waals surface area (Å²) in [4.78, 5) is 22.0. The number of para-hydroxylation sites is 1. The highest BCUT2D eigenvalue weighted by molar-refractivity contribution is 5.79. The van der Waals surface area contributed by atoms with Gasteiger partial charge < -0.3 is 0 Å². The lowest BCUT2D eigenvalue weighted by Crippen LogP contribution is -2.24. The van der Waals surface area contributed by atoms with Gasteiger partial charge in [-0.15, -0.1) is 0 Å². The van der Waals surface area contributed by atoms with Crippen molar-refractivity contribution in [1.82, 2.24) is 14.5 Å². The van der Waals surface area contributed by atoms with E-state index in [0.717, 1.165) is 11.1 Å². The third-order valence-corrected chi connectivity index (χ3v) is 4.23. The summed E-state index contributed by atoms with van der Waals surface area (Å²) >= 11 is 0. The zero-order chi connectivity index (χ0) is 17.2. The summed E-state index contributed by atoms with van der Waals surface area (Å²) in [5.41, 5.74) is 3.74. The van der Waals surface area contributed by atoms with Gasteiger partial charge >= 0.3 is 0 Å². The molecule has 0 unspecified atom stereocenters. The Balaban J connectivity index is 1.97. The molecule has 0 saturated heterocycles. The first-order valence-corrected chi connectivity index (χ1v) is 8.18. The van der Waals surface area contributed by atoms with E-state index < -0.39 is 0 Å². The highest BCUT2D eigenvalue weighted by Crippen LogP contribution is 2.20. The maximum atomic E-state index is 13.1. The van der Waals surface area contributed by atoms with Gasteiger partial charge in [0.25, 0.3) is 5.56 Å². The van der Waals surface area contributed by atoms with Crippen LogP contribution in [0, 0.1) is 6.92 Å². The molecule has 2 heterocycles. The highest BCUT2D eigenvalue weighted by Gasteiger charge is 2.13. The molecule has 0 atom stereocenters. The van der Waals surface area contributed by atoms with Gasteiger partial charge in [0.05, 0.1) is 17.4 Å². The van der Waals surface area contributed by atoms with Gasteiger partial charge in [0.15, 0.2) is 0 Å². The molecule has 0 spiro atoms. The molecule has 0 N–H and O–H groups in total. The second-order valence-corrected chi connectivity index (χ2v) is 6.07. The Morgan fingerprint density at radius 3 is 2.52 bits per heavy atom. The topological polar surface area (TPSA) is 47.8 Å². The third kappa shape index (κ3) is 2.94. The number of pyridine rings is 1. The average molecular weight is 327 g/mol. The van der Waals surface area contributed by atoms with E-state index in [1.807, 2.05) is 67.6 Å². The van der Waals surface area contributed by atoms with Crippen molar-refractivity contribution < 1.29 is 0 Å². The number of aryl methyl sites for hydroxylation is 1. The van der Waals surface area contributed by atoms with Gasteiger partial charge in [-0.05, 0) is 30.7 Å². The van der Waals surface area contributed by atoms with Crippen LogP contribution in [-0.2, 0) is 6.54 Å². The Labute approximate surface area is 145 Å². The van der Waals surface area contributed by atoms with E-state index in [-0.39, 0.29) is 5.56 Å². The molecule has 122 valence electrons. The smallest absolute Gasteiger partial charge is 0.261 e. The Bertz CT molecular complexity index is 1080. The van der Waals surface area contributed by atoms with Crippen molar-refractivity contribution in [2.45, 2.75) is 13.5 Å². The minimum absolute atomic E-state index is 0.0370. The summed E-state index contributed by atoms with van der Waals surface area (Å²) in [7, 11) is 0. The quantitative estimate of drug-likeness (QED) is 0.575. The summed E-state index contributed by atoms with van der Waals surface area (Å²) in [6.07, 6.45) is 3.51. The fourth-order valence-corrected chi connectivity index (χ4v) is 2.91. The Hall–Kier alpha value is -3.27. The number of aromatic nitrogens is 3. The van der Waals surface area contributed by atoms with Crippen LogP contribution in [0.15, 0.2) is 77.9 Å². The van der Waals surface area contributed by atoms with Crippen molar-refractivity contribution >= 4 is 10.9 Å². The maximum absolute atomic E-state index is 13.1. The molecule has 0 aliphatic carbocycles. The number of nitrogens with zero attached hydrogens (tertiary/aromatic N) is 3. The predicted octanol–water partition coefficient (Wildman–Crippen LogP) is 3.82. The van der Waals surface area contributed by atoms with Crippen LogP contribution in [0.25, 0.3) is 22.3 Å². The summed E-state index contributed by atoms with van der Waals surface area (Å²) in [5.74, 6) is 0.674. The van der Waals surface area contributed by atoms with Crippen molar-refractivity contribution in [2.24, 2.45) is 0 Å². The van der Waals surface area contributed by atoms with Crippen molar-refractivity contribution in [3.8, 4) is 11.4 Å². The van der Waals surface area contributed by atoms with E-state index in [4.69, 9.17) is 4.98 Å². The van der Waals surface area contributed by atoms with E-state index in [1.165, 1.54) is 5.56 Å². The lowest BCUT2D eigenvalue weighted by molar-refractivity contribution is 0.756. The Morgan fingerprint density at radius 2 is 1.76 bits per heavy atom. The van der Waals surface area contributed by atoms with Crippen LogP contribution in [-0.4, -0.2) is 14.5 Å². The molecule has 2 aromatic heterocycles. The molecular weight excluding hydrogens is 310 g/mol. The van der Waals surface area contributed by atoms with Gasteiger partial charge in [-0.1, -0.05) is 48.0 Å². The van der Waals surface area contributed by atoms with Gasteiger partial charge in [0.1, 0.15) is 5.82 Å². The summed E-state index contributed by atoms with van der Waals surface area (Å²) < 4.78 is 1.73. The number of hydrogen-bond donors (Lipinski definition) is 0. The molecule has 4 rings (SSSR count). The van der Waals surface area contributed by atoms with Crippen LogP contribution in [0.1, 0.15) is 11.1 Å². The summed E-state index contributed by atoms with van der Waals surface area (Å²) in [5, 5.41) is 0.627. The molecule has 4 heteroatoms. The van der Waals surface area contributed by atoms with Crippen LogP contribution in [0.4, 0.5) is 0 Å².